The van der Waals surface area contributed by atoms with Gasteiger partial charge in [0.1, 0.15) is 0 Å². The minimum absolute atomic E-state index is 0.474. The molecule has 0 heterocycles. The topological polar surface area (TPSA) is 47.9 Å². The minimum atomic E-state index is -2.73. The molecular formula is C11H18O4Si. The highest BCUT2D eigenvalue weighted by Gasteiger charge is 2.40. The number of aliphatic hydroxyl groups is 1. The van der Waals surface area contributed by atoms with Gasteiger partial charge in [-0.2, -0.15) is 0 Å². The van der Waals surface area contributed by atoms with Crippen LogP contribution in [0.4, 0.5) is 0 Å². The summed E-state index contributed by atoms with van der Waals surface area (Å²) in [7, 11) is 1.98. The molecule has 0 bridgehead atoms. The fourth-order valence-corrected chi connectivity index (χ4v) is 3.35. The highest BCUT2D eigenvalue weighted by atomic mass is 28.4. The van der Waals surface area contributed by atoms with Gasteiger partial charge in [-0.3, -0.25) is 0 Å². The Morgan fingerprint density at radius 3 is 1.75 bits per heavy atom. The first-order chi connectivity index (χ1) is 7.59. The molecule has 1 rings (SSSR count). The lowest BCUT2D eigenvalue weighted by atomic mass is 10.1. The molecule has 1 unspecified atom stereocenters. The third-order valence-electron chi connectivity index (χ3n) is 2.55. The molecule has 1 aromatic carbocycles. The van der Waals surface area contributed by atoms with E-state index in [0.717, 1.165) is 10.8 Å². The van der Waals surface area contributed by atoms with Gasteiger partial charge in [0.15, 0.2) is 0 Å². The van der Waals surface area contributed by atoms with E-state index in [4.69, 9.17) is 13.3 Å². The maximum Gasteiger partial charge on any atom is 0.536 e. The summed E-state index contributed by atoms with van der Waals surface area (Å²) in [5.74, 6) is 0. The Morgan fingerprint density at radius 2 is 1.44 bits per heavy atom. The van der Waals surface area contributed by atoms with Gasteiger partial charge >= 0.3 is 8.80 Å². The molecule has 5 heteroatoms. The molecular weight excluding hydrogens is 224 g/mol. The summed E-state index contributed by atoms with van der Waals surface area (Å²) in [5.41, 5.74) is 0.856. The third kappa shape index (κ3) is 2.50. The molecule has 90 valence electrons. The number of aliphatic hydroxyl groups excluding tert-OH is 1. The Balaban J connectivity index is 3.03. The molecule has 4 nitrogen and oxygen atoms in total. The van der Waals surface area contributed by atoms with E-state index in [0.29, 0.717) is 0 Å². The van der Waals surface area contributed by atoms with Gasteiger partial charge in [0.05, 0.1) is 6.10 Å². The van der Waals surface area contributed by atoms with Crippen molar-refractivity contribution in [2.45, 2.75) is 13.0 Å². The number of benzene rings is 1. The largest absolute Gasteiger partial charge is 0.536 e. The van der Waals surface area contributed by atoms with Crippen LogP contribution in [0.5, 0.6) is 0 Å². The molecule has 0 fully saturated rings. The van der Waals surface area contributed by atoms with E-state index in [2.05, 4.69) is 0 Å². The van der Waals surface area contributed by atoms with Crippen molar-refractivity contribution in [3.8, 4) is 0 Å². The van der Waals surface area contributed by atoms with Crippen LogP contribution in [0.1, 0.15) is 18.6 Å². The predicted molar refractivity (Wildman–Crippen MR) is 63.5 cm³/mol. The van der Waals surface area contributed by atoms with Crippen LogP contribution in [0.3, 0.4) is 0 Å². The van der Waals surface area contributed by atoms with Gasteiger partial charge in [-0.1, -0.05) is 24.3 Å². The van der Waals surface area contributed by atoms with Crippen LogP contribution in [0.25, 0.3) is 0 Å². The first-order valence-electron chi connectivity index (χ1n) is 5.03. The Bertz CT molecular complexity index is 311. The summed E-state index contributed by atoms with van der Waals surface area (Å²) < 4.78 is 16.1. The fourth-order valence-electron chi connectivity index (χ4n) is 1.57. The standard InChI is InChI=1S/C11H18O4Si/c1-9(12)10-5-7-11(8-6-10)16(13-2,14-3)15-4/h5-9,12H,1-4H3. The second-order valence-electron chi connectivity index (χ2n) is 3.47. The van der Waals surface area contributed by atoms with Crippen LogP contribution in [-0.4, -0.2) is 35.2 Å². The van der Waals surface area contributed by atoms with Crippen LogP contribution in [-0.2, 0) is 13.3 Å². The van der Waals surface area contributed by atoms with E-state index >= 15 is 0 Å². The highest BCUT2D eigenvalue weighted by Crippen LogP contribution is 2.12. The van der Waals surface area contributed by atoms with Crippen molar-refractivity contribution in [2.75, 3.05) is 21.3 Å². The van der Waals surface area contributed by atoms with Crippen LogP contribution >= 0.6 is 0 Å². The van der Waals surface area contributed by atoms with Crippen LogP contribution in [0.2, 0.25) is 0 Å². The Kier molecular flexibility index (Phi) is 4.64. The van der Waals surface area contributed by atoms with Crippen molar-refractivity contribution in [2.24, 2.45) is 0 Å². The molecule has 0 aliphatic heterocycles. The van der Waals surface area contributed by atoms with Gasteiger partial charge < -0.3 is 18.4 Å². The SMILES string of the molecule is CO[Si](OC)(OC)c1ccc(C(C)O)cc1. The summed E-state index contributed by atoms with van der Waals surface area (Å²) in [4.78, 5) is 0. The van der Waals surface area contributed by atoms with E-state index in [9.17, 15) is 5.11 Å². The molecule has 1 atom stereocenters. The summed E-state index contributed by atoms with van der Waals surface area (Å²) in [6.07, 6.45) is -0.474. The van der Waals surface area contributed by atoms with E-state index in [-0.39, 0.29) is 0 Å². The Hall–Kier alpha value is -0.723. The monoisotopic (exact) mass is 242 g/mol. The average Bonchev–Trinajstić information content (AvgIpc) is 2.33. The smallest absolute Gasteiger partial charge is 0.389 e. The second kappa shape index (κ2) is 5.56. The van der Waals surface area contributed by atoms with Crippen molar-refractivity contribution in [3.05, 3.63) is 29.8 Å². The normalized spacial score (nSPS) is 13.8. The summed E-state index contributed by atoms with van der Waals surface area (Å²) in [6, 6.07) is 7.42. The van der Waals surface area contributed by atoms with Crippen molar-refractivity contribution >= 4 is 14.0 Å². The second-order valence-corrected chi connectivity index (χ2v) is 6.38. The highest BCUT2D eigenvalue weighted by molar-refractivity contribution is 6.75. The van der Waals surface area contributed by atoms with Crippen molar-refractivity contribution < 1.29 is 18.4 Å². The van der Waals surface area contributed by atoms with Gasteiger partial charge in [0, 0.05) is 26.5 Å². The third-order valence-corrected chi connectivity index (χ3v) is 5.21. The van der Waals surface area contributed by atoms with E-state index < -0.39 is 14.9 Å². The summed E-state index contributed by atoms with van der Waals surface area (Å²) >= 11 is 0. The van der Waals surface area contributed by atoms with Crippen molar-refractivity contribution in [1.29, 1.82) is 0 Å². The van der Waals surface area contributed by atoms with Crippen LogP contribution < -0.4 is 5.19 Å². The summed E-state index contributed by atoms with van der Waals surface area (Å²) in [6.45, 7) is 1.72. The average molecular weight is 242 g/mol. The number of hydrogen-bond donors (Lipinski definition) is 1. The minimum Gasteiger partial charge on any atom is -0.389 e. The molecule has 0 aromatic heterocycles. The van der Waals surface area contributed by atoms with Crippen LogP contribution in [0.15, 0.2) is 24.3 Å². The zero-order valence-electron chi connectivity index (χ0n) is 10.1. The van der Waals surface area contributed by atoms with Crippen molar-refractivity contribution in [3.63, 3.8) is 0 Å². The van der Waals surface area contributed by atoms with Crippen LogP contribution in [0, 0.1) is 0 Å². The Morgan fingerprint density at radius 1 is 1.00 bits per heavy atom. The van der Waals surface area contributed by atoms with E-state index in [1.165, 1.54) is 0 Å². The molecule has 0 saturated carbocycles. The predicted octanol–water partition coefficient (Wildman–Crippen LogP) is 0.825. The summed E-state index contributed by atoms with van der Waals surface area (Å²) in [5, 5.41) is 10.3. The van der Waals surface area contributed by atoms with E-state index in [1.54, 1.807) is 28.3 Å². The van der Waals surface area contributed by atoms with Gasteiger partial charge in [0.2, 0.25) is 0 Å². The molecule has 0 amide bonds. The maximum atomic E-state index is 9.41. The lowest BCUT2D eigenvalue weighted by Gasteiger charge is -2.24. The first-order valence-corrected chi connectivity index (χ1v) is 6.76. The molecule has 16 heavy (non-hydrogen) atoms. The van der Waals surface area contributed by atoms with E-state index in [1.807, 2.05) is 24.3 Å². The lowest BCUT2D eigenvalue weighted by Crippen LogP contribution is -2.54. The molecule has 0 aliphatic carbocycles. The molecule has 0 spiro atoms. The molecule has 0 radical (unpaired) electrons. The molecule has 1 N–H and O–H groups in total. The Labute approximate surface area is 97.1 Å². The van der Waals surface area contributed by atoms with Crippen molar-refractivity contribution in [1.82, 2.24) is 0 Å². The van der Waals surface area contributed by atoms with Gasteiger partial charge in [-0.15, -0.1) is 0 Å². The zero-order chi connectivity index (χ0) is 12.2. The van der Waals surface area contributed by atoms with Gasteiger partial charge in [0.25, 0.3) is 0 Å². The van der Waals surface area contributed by atoms with Gasteiger partial charge in [-0.25, -0.2) is 0 Å². The molecule has 0 saturated heterocycles. The maximum absolute atomic E-state index is 9.41. The first kappa shape index (κ1) is 13.3. The number of hydrogen-bond acceptors (Lipinski definition) is 4. The number of rotatable bonds is 5. The lowest BCUT2D eigenvalue weighted by molar-refractivity contribution is 0.140. The quantitative estimate of drug-likeness (QED) is 0.777. The van der Waals surface area contributed by atoms with Gasteiger partial charge in [-0.05, 0) is 12.5 Å². The molecule has 0 aliphatic rings. The fraction of sp³-hybridized carbons (Fsp3) is 0.455. The molecule has 1 aromatic rings. The zero-order valence-corrected chi connectivity index (χ0v) is 11.1.